The summed E-state index contributed by atoms with van der Waals surface area (Å²) >= 11 is 1.25. The summed E-state index contributed by atoms with van der Waals surface area (Å²) < 4.78 is 27.2. The topological polar surface area (TPSA) is 77.8 Å². The Balaban J connectivity index is 1.82. The first-order valence-corrected chi connectivity index (χ1v) is 9.12. The van der Waals surface area contributed by atoms with Crippen molar-refractivity contribution in [3.05, 3.63) is 17.0 Å². The van der Waals surface area contributed by atoms with Crippen LogP contribution in [0, 0.1) is 18.8 Å². The van der Waals surface area contributed by atoms with Crippen LogP contribution in [0.5, 0.6) is 0 Å². The van der Waals surface area contributed by atoms with Gasteiger partial charge in [-0.3, -0.25) is 0 Å². The van der Waals surface area contributed by atoms with Gasteiger partial charge < -0.3 is 10.2 Å². The summed E-state index contributed by atoms with van der Waals surface area (Å²) in [5.41, 5.74) is 0.782. The average molecular weight is 317 g/mol. The summed E-state index contributed by atoms with van der Waals surface area (Å²) in [6.07, 6.45) is -0.465. The number of rotatable bonds is 2. The quantitative estimate of drug-likeness (QED) is 0.846. The van der Waals surface area contributed by atoms with Crippen LogP contribution >= 0.6 is 11.3 Å². The van der Waals surface area contributed by atoms with Gasteiger partial charge in [-0.05, 0) is 48.6 Å². The Kier molecular flexibility index (Phi) is 3.66. The summed E-state index contributed by atoms with van der Waals surface area (Å²) in [6.45, 7) is 2.71. The molecule has 1 saturated carbocycles. The number of aryl methyl sites for hydroxylation is 1. The number of hydrogen-bond donors (Lipinski definition) is 2. The van der Waals surface area contributed by atoms with E-state index in [-0.39, 0.29) is 11.8 Å². The van der Waals surface area contributed by atoms with E-state index >= 15 is 0 Å². The molecule has 0 spiro atoms. The van der Waals surface area contributed by atoms with Crippen molar-refractivity contribution >= 4 is 21.4 Å². The average Bonchev–Trinajstić information content (AvgIpc) is 2.96. The lowest BCUT2D eigenvalue weighted by atomic mass is 9.79. The van der Waals surface area contributed by atoms with E-state index in [1.54, 1.807) is 12.3 Å². The number of fused-ring (bicyclic) bond motifs is 1. The number of nitrogens with zero attached hydrogens (tertiary/aromatic N) is 1. The number of sulfonamides is 1. The summed E-state index contributed by atoms with van der Waals surface area (Å²) in [5, 5.41) is 21.2. The van der Waals surface area contributed by atoms with Crippen molar-refractivity contribution in [2.75, 3.05) is 13.1 Å². The summed E-state index contributed by atoms with van der Waals surface area (Å²) in [6, 6.07) is 1.81. The van der Waals surface area contributed by atoms with Crippen LogP contribution in [-0.4, -0.2) is 48.2 Å². The van der Waals surface area contributed by atoms with E-state index in [9.17, 15) is 18.6 Å². The van der Waals surface area contributed by atoms with Gasteiger partial charge in [-0.1, -0.05) is 0 Å². The molecule has 0 radical (unpaired) electrons. The van der Waals surface area contributed by atoms with E-state index in [1.807, 2.05) is 6.07 Å². The fourth-order valence-electron chi connectivity index (χ4n) is 3.30. The zero-order valence-corrected chi connectivity index (χ0v) is 12.9. The molecule has 2 heterocycles. The molecule has 3 rings (SSSR count). The van der Waals surface area contributed by atoms with Gasteiger partial charge in [-0.25, -0.2) is 8.42 Å². The highest BCUT2D eigenvalue weighted by Crippen LogP contribution is 2.39. The standard InChI is InChI=1S/C13H19NO4S2/c1-8-2-3-19-13(8)20(17,18)14-6-9-4-11(15)12(16)5-10(9)7-14/h2-3,9-12,15-16H,4-7H2,1H3/t9-,10+,11-,12-/m0/s1. The molecule has 7 heteroatoms. The normalized spacial score (nSPS) is 35.1. The Labute approximate surface area is 122 Å². The van der Waals surface area contributed by atoms with Gasteiger partial charge in [0.05, 0.1) is 12.2 Å². The van der Waals surface area contributed by atoms with Gasteiger partial charge in [0.2, 0.25) is 0 Å². The Morgan fingerprint density at radius 2 is 1.75 bits per heavy atom. The highest BCUT2D eigenvalue weighted by Gasteiger charge is 2.45. The van der Waals surface area contributed by atoms with Gasteiger partial charge in [0.15, 0.2) is 0 Å². The van der Waals surface area contributed by atoms with Crippen molar-refractivity contribution in [3.63, 3.8) is 0 Å². The SMILES string of the molecule is Cc1ccsc1S(=O)(=O)N1C[C@H]2C[C@H](O)[C@@H](O)C[C@H]2C1. The molecule has 1 aromatic heterocycles. The molecule has 1 saturated heterocycles. The van der Waals surface area contributed by atoms with Crippen LogP contribution in [-0.2, 0) is 10.0 Å². The van der Waals surface area contributed by atoms with Crippen LogP contribution in [0.3, 0.4) is 0 Å². The third-order valence-electron chi connectivity index (χ3n) is 4.46. The fraction of sp³-hybridized carbons (Fsp3) is 0.692. The van der Waals surface area contributed by atoms with E-state index in [1.165, 1.54) is 15.6 Å². The van der Waals surface area contributed by atoms with Gasteiger partial charge in [-0.15, -0.1) is 11.3 Å². The zero-order chi connectivity index (χ0) is 14.5. The van der Waals surface area contributed by atoms with E-state index in [0.717, 1.165) is 5.56 Å². The molecule has 0 bridgehead atoms. The second kappa shape index (κ2) is 5.06. The third kappa shape index (κ3) is 2.31. The van der Waals surface area contributed by atoms with Crippen molar-refractivity contribution in [1.82, 2.24) is 4.31 Å². The summed E-state index contributed by atoms with van der Waals surface area (Å²) in [5.74, 6) is 0.312. The zero-order valence-electron chi connectivity index (χ0n) is 11.3. The minimum Gasteiger partial charge on any atom is -0.390 e. The predicted octanol–water partition coefficient (Wildman–Crippen LogP) is 0.809. The maximum Gasteiger partial charge on any atom is 0.252 e. The molecule has 2 fully saturated rings. The van der Waals surface area contributed by atoms with E-state index in [0.29, 0.717) is 30.1 Å². The Morgan fingerprint density at radius 3 is 2.20 bits per heavy atom. The predicted molar refractivity (Wildman–Crippen MR) is 76.0 cm³/mol. The van der Waals surface area contributed by atoms with E-state index < -0.39 is 22.2 Å². The molecule has 0 amide bonds. The van der Waals surface area contributed by atoms with Crippen molar-refractivity contribution in [2.24, 2.45) is 11.8 Å². The fourth-order valence-corrected chi connectivity index (χ4v) is 6.40. The molecule has 4 atom stereocenters. The van der Waals surface area contributed by atoms with Crippen LogP contribution in [0.1, 0.15) is 18.4 Å². The lowest BCUT2D eigenvalue weighted by molar-refractivity contribution is -0.0372. The highest BCUT2D eigenvalue weighted by molar-refractivity contribution is 7.91. The summed E-state index contributed by atoms with van der Waals surface area (Å²) in [4.78, 5) is 0. The molecule has 1 aliphatic heterocycles. The van der Waals surface area contributed by atoms with Crippen molar-refractivity contribution < 1.29 is 18.6 Å². The molecule has 2 aliphatic rings. The second-order valence-electron chi connectivity index (χ2n) is 5.84. The van der Waals surface area contributed by atoms with Crippen LogP contribution in [0.2, 0.25) is 0 Å². The first-order valence-electron chi connectivity index (χ1n) is 6.80. The van der Waals surface area contributed by atoms with Gasteiger partial charge in [0, 0.05) is 13.1 Å². The van der Waals surface area contributed by atoms with E-state index in [4.69, 9.17) is 0 Å². The molecule has 0 unspecified atom stereocenters. The molecule has 5 nitrogen and oxygen atoms in total. The lowest BCUT2D eigenvalue weighted by Gasteiger charge is -2.31. The van der Waals surface area contributed by atoms with Crippen molar-refractivity contribution in [1.29, 1.82) is 0 Å². The third-order valence-corrected chi connectivity index (χ3v) is 7.96. The minimum absolute atomic E-state index is 0.156. The number of aliphatic hydroxyl groups is 2. The molecule has 20 heavy (non-hydrogen) atoms. The van der Waals surface area contributed by atoms with E-state index in [2.05, 4.69) is 0 Å². The van der Waals surface area contributed by atoms with Gasteiger partial charge in [0.1, 0.15) is 4.21 Å². The Bertz CT molecular complexity index is 579. The monoisotopic (exact) mass is 317 g/mol. The molecule has 112 valence electrons. The van der Waals surface area contributed by atoms with Crippen LogP contribution in [0.25, 0.3) is 0 Å². The summed E-state index contributed by atoms with van der Waals surface area (Å²) in [7, 11) is -3.43. The Morgan fingerprint density at radius 1 is 1.20 bits per heavy atom. The van der Waals surface area contributed by atoms with Crippen LogP contribution in [0.4, 0.5) is 0 Å². The van der Waals surface area contributed by atoms with Crippen LogP contribution < -0.4 is 0 Å². The minimum atomic E-state index is -3.43. The maximum absolute atomic E-state index is 12.6. The number of thiophene rings is 1. The number of aliphatic hydroxyl groups excluding tert-OH is 2. The van der Waals surface area contributed by atoms with Gasteiger partial charge in [-0.2, -0.15) is 4.31 Å². The van der Waals surface area contributed by atoms with Gasteiger partial charge >= 0.3 is 0 Å². The smallest absolute Gasteiger partial charge is 0.252 e. The lowest BCUT2D eigenvalue weighted by Crippen LogP contribution is -2.38. The maximum atomic E-state index is 12.6. The number of hydrogen-bond acceptors (Lipinski definition) is 5. The molecule has 2 N–H and O–H groups in total. The largest absolute Gasteiger partial charge is 0.390 e. The van der Waals surface area contributed by atoms with Crippen LogP contribution in [0.15, 0.2) is 15.7 Å². The molecule has 1 aromatic rings. The molecule has 1 aliphatic carbocycles. The first kappa shape index (κ1) is 14.5. The molecular weight excluding hydrogens is 298 g/mol. The molecule has 0 aromatic carbocycles. The van der Waals surface area contributed by atoms with Crippen molar-refractivity contribution in [2.45, 2.75) is 36.2 Å². The van der Waals surface area contributed by atoms with Gasteiger partial charge in [0.25, 0.3) is 10.0 Å². The highest BCUT2D eigenvalue weighted by atomic mass is 32.2. The first-order chi connectivity index (χ1) is 9.39. The molecular formula is C13H19NO4S2. The van der Waals surface area contributed by atoms with Crippen molar-refractivity contribution in [3.8, 4) is 0 Å². The second-order valence-corrected chi connectivity index (χ2v) is 8.89. The Hall–Kier alpha value is -0.470.